The fourth-order valence-corrected chi connectivity index (χ4v) is 1.94. The normalized spacial score (nSPS) is 11.5. The lowest BCUT2D eigenvalue weighted by atomic mass is 10.2. The van der Waals surface area contributed by atoms with Gasteiger partial charge in [-0.25, -0.2) is 0 Å². The number of halogens is 1. The smallest absolute Gasteiger partial charge is 0.119 e. The summed E-state index contributed by atoms with van der Waals surface area (Å²) in [5.41, 5.74) is 1.17. The Kier molecular flexibility index (Phi) is 5.44. The van der Waals surface area contributed by atoms with Crippen molar-refractivity contribution in [3.63, 3.8) is 0 Å². The highest BCUT2D eigenvalue weighted by molar-refractivity contribution is 6.32. The average molecular weight is 303 g/mol. The van der Waals surface area contributed by atoms with E-state index in [1.165, 1.54) is 0 Å². The second-order valence-corrected chi connectivity index (χ2v) is 4.87. The summed E-state index contributed by atoms with van der Waals surface area (Å²) in [5.74, 6) is 0.720. The second kappa shape index (κ2) is 7.53. The van der Waals surface area contributed by atoms with Gasteiger partial charge < -0.3 is 15.2 Å². The summed E-state index contributed by atoms with van der Waals surface area (Å²) < 4.78 is 5.46. The molecular formula is C16H15ClN2O2. The number of nitriles is 1. The van der Waals surface area contributed by atoms with Crippen molar-refractivity contribution < 1.29 is 9.84 Å². The Hall–Kier alpha value is -2.22. The Morgan fingerprint density at radius 3 is 2.67 bits per heavy atom. The fraction of sp³-hybridized carbons (Fsp3) is 0.188. The minimum Gasteiger partial charge on any atom is -0.491 e. The molecule has 108 valence electrons. The molecule has 0 aliphatic rings. The van der Waals surface area contributed by atoms with Crippen molar-refractivity contribution in [2.24, 2.45) is 0 Å². The molecule has 0 spiro atoms. The zero-order valence-corrected chi connectivity index (χ0v) is 12.0. The van der Waals surface area contributed by atoms with Gasteiger partial charge in [-0.3, -0.25) is 0 Å². The Balaban J connectivity index is 1.80. The van der Waals surface area contributed by atoms with Crippen LogP contribution in [-0.4, -0.2) is 24.4 Å². The number of aliphatic hydroxyl groups is 1. The van der Waals surface area contributed by atoms with Crippen LogP contribution in [0.4, 0.5) is 5.69 Å². The van der Waals surface area contributed by atoms with Crippen LogP contribution in [0.25, 0.3) is 0 Å². The third kappa shape index (κ3) is 4.67. The summed E-state index contributed by atoms with van der Waals surface area (Å²) in [7, 11) is 0. The zero-order valence-electron chi connectivity index (χ0n) is 11.3. The van der Waals surface area contributed by atoms with Crippen molar-refractivity contribution in [1.82, 2.24) is 0 Å². The van der Waals surface area contributed by atoms with Gasteiger partial charge in [-0.05, 0) is 30.3 Å². The largest absolute Gasteiger partial charge is 0.491 e. The van der Waals surface area contributed by atoms with Gasteiger partial charge in [0.1, 0.15) is 24.5 Å². The molecule has 2 N–H and O–H groups in total. The molecule has 4 nitrogen and oxygen atoms in total. The van der Waals surface area contributed by atoms with Crippen LogP contribution in [0.3, 0.4) is 0 Å². The van der Waals surface area contributed by atoms with Gasteiger partial charge in [-0.1, -0.05) is 29.8 Å². The lowest BCUT2D eigenvalue weighted by Crippen LogP contribution is -2.26. The van der Waals surface area contributed by atoms with E-state index < -0.39 is 6.10 Å². The number of ether oxygens (including phenoxy) is 1. The first-order chi connectivity index (χ1) is 10.2. The Morgan fingerprint density at radius 2 is 2.00 bits per heavy atom. The van der Waals surface area contributed by atoms with Crippen molar-refractivity contribution >= 4 is 17.3 Å². The van der Waals surface area contributed by atoms with Crippen molar-refractivity contribution in [2.75, 3.05) is 18.5 Å². The van der Waals surface area contributed by atoms with Gasteiger partial charge in [0, 0.05) is 12.2 Å². The predicted molar refractivity (Wildman–Crippen MR) is 82.6 cm³/mol. The summed E-state index contributed by atoms with van der Waals surface area (Å²) in [6, 6.07) is 16.4. The Morgan fingerprint density at radius 1 is 1.24 bits per heavy atom. The molecule has 5 heteroatoms. The first-order valence-electron chi connectivity index (χ1n) is 6.48. The number of benzene rings is 2. The van der Waals surface area contributed by atoms with E-state index in [-0.39, 0.29) is 6.61 Å². The highest BCUT2D eigenvalue weighted by Crippen LogP contribution is 2.20. The molecule has 0 amide bonds. The molecule has 0 aliphatic carbocycles. The molecule has 0 heterocycles. The van der Waals surface area contributed by atoms with Crippen molar-refractivity contribution in [3.05, 3.63) is 59.1 Å². The summed E-state index contributed by atoms with van der Waals surface area (Å²) >= 11 is 5.94. The number of nitrogens with zero attached hydrogens (tertiary/aromatic N) is 1. The number of nitrogens with one attached hydrogen (secondary N) is 1. The summed E-state index contributed by atoms with van der Waals surface area (Å²) in [6.07, 6.45) is -0.653. The topological polar surface area (TPSA) is 65.3 Å². The maximum atomic E-state index is 9.87. The summed E-state index contributed by atoms with van der Waals surface area (Å²) in [6.45, 7) is 0.524. The zero-order chi connectivity index (χ0) is 15.1. The lowest BCUT2D eigenvalue weighted by molar-refractivity contribution is 0.117. The third-order valence-electron chi connectivity index (χ3n) is 2.82. The van der Waals surface area contributed by atoms with Crippen molar-refractivity contribution in [1.29, 1.82) is 5.26 Å². The molecule has 21 heavy (non-hydrogen) atoms. The van der Waals surface area contributed by atoms with Gasteiger partial charge in [0.25, 0.3) is 0 Å². The van der Waals surface area contributed by atoms with Gasteiger partial charge in [-0.2, -0.15) is 5.26 Å². The number of aliphatic hydroxyl groups excluding tert-OH is 1. The van der Waals surface area contributed by atoms with Crippen molar-refractivity contribution in [2.45, 2.75) is 6.10 Å². The maximum Gasteiger partial charge on any atom is 0.119 e. The van der Waals surface area contributed by atoms with Gasteiger partial charge >= 0.3 is 0 Å². The van der Waals surface area contributed by atoms with Crippen LogP contribution in [0.15, 0.2) is 48.5 Å². The van der Waals surface area contributed by atoms with Gasteiger partial charge in [0.05, 0.1) is 10.6 Å². The molecule has 2 aromatic carbocycles. The van der Waals surface area contributed by atoms with E-state index in [9.17, 15) is 5.11 Å². The monoisotopic (exact) mass is 302 g/mol. The molecule has 0 radical (unpaired) electrons. The van der Waals surface area contributed by atoms with Gasteiger partial charge in [-0.15, -0.1) is 0 Å². The molecular weight excluding hydrogens is 288 g/mol. The molecule has 0 aromatic heterocycles. The number of rotatable bonds is 6. The average Bonchev–Trinajstić information content (AvgIpc) is 2.52. The molecule has 2 aromatic rings. The van der Waals surface area contributed by atoms with Gasteiger partial charge in [0.2, 0.25) is 0 Å². The minimum atomic E-state index is -0.653. The van der Waals surface area contributed by atoms with E-state index in [2.05, 4.69) is 5.32 Å². The van der Waals surface area contributed by atoms with Crippen LogP contribution in [0.2, 0.25) is 5.02 Å². The molecule has 1 unspecified atom stereocenters. The number of hydrogen-bond donors (Lipinski definition) is 2. The molecule has 0 aliphatic heterocycles. The van der Waals surface area contributed by atoms with Crippen LogP contribution < -0.4 is 10.1 Å². The Bertz CT molecular complexity index is 626. The molecule has 2 rings (SSSR count). The molecule has 0 bridgehead atoms. The van der Waals surface area contributed by atoms with Crippen molar-refractivity contribution in [3.8, 4) is 11.8 Å². The van der Waals surface area contributed by atoms with E-state index in [0.29, 0.717) is 17.1 Å². The molecule has 1 atom stereocenters. The summed E-state index contributed by atoms with van der Waals surface area (Å²) in [4.78, 5) is 0. The standard InChI is InChI=1S/C16H15ClN2O2/c17-16-8-13(7-6-12(16)9-18)19-10-14(20)11-21-15-4-2-1-3-5-15/h1-8,14,19-20H,10-11H2. The third-order valence-corrected chi connectivity index (χ3v) is 3.13. The van der Waals surface area contributed by atoms with Crippen LogP contribution in [0, 0.1) is 11.3 Å². The van der Waals surface area contributed by atoms with E-state index in [1.807, 2.05) is 36.4 Å². The molecule has 0 saturated heterocycles. The quantitative estimate of drug-likeness (QED) is 0.860. The molecule has 0 fully saturated rings. The SMILES string of the molecule is N#Cc1ccc(NCC(O)COc2ccccc2)cc1Cl. The van der Waals surface area contributed by atoms with E-state index in [1.54, 1.807) is 18.2 Å². The van der Waals surface area contributed by atoms with E-state index in [4.69, 9.17) is 21.6 Å². The molecule has 0 saturated carbocycles. The van der Waals surface area contributed by atoms with Gasteiger partial charge in [0.15, 0.2) is 0 Å². The first kappa shape index (κ1) is 15.2. The van der Waals surface area contributed by atoms with E-state index in [0.717, 1.165) is 11.4 Å². The fourth-order valence-electron chi connectivity index (χ4n) is 1.72. The van der Waals surface area contributed by atoms with Crippen LogP contribution in [0.5, 0.6) is 5.75 Å². The van der Waals surface area contributed by atoms with Crippen LogP contribution in [0.1, 0.15) is 5.56 Å². The first-order valence-corrected chi connectivity index (χ1v) is 6.86. The second-order valence-electron chi connectivity index (χ2n) is 4.47. The Labute approximate surface area is 128 Å². The van der Waals surface area contributed by atoms with Crippen LogP contribution >= 0.6 is 11.6 Å². The van der Waals surface area contributed by atoms with Crippen LogP contribution in [-0.2, 0) is 0 Å². The minimum absolute atomic E-state index is 0.195. The predicted octanol–water partition coefficient (Wildman–Crippen LogP) is 3.06. The lowest BCUT2D eigenvalue weighted by Gasteiger charge is -2.14. The highest BCUT2D eigenvalue weighted by atomic mass is 35.5. The number of hydrogen-bond acceptors (Lipinski definition) is 4. The summed E-state index contributed by atoms with van der Waals surface area (Å²) in [5, 5.41) is 22.1. The highest BCUT2D eigenvalue weighted by Gasteiger charge is 2.06. The number of para-hydroxylation sites is 1. The maximum absolute atomic E-state index is 9.87. The number of anilines is 1. The van der Waals surface area contributed by atoms with E-state index >= 15 is 0 Å².